The monoisotopic (exact) mass is 221 g/mol. The maximum Gasteiger partial charge on any atom is 0.109 e. The maximum absolute atomic E-state index is 4.34. The molecule has 1 aromatic heterocycles. The van der Waals surface area contributed by atoms with Crippen LogP contribution in [0.15, 0.2) is 12.4 Å². The zero-order valence-corrected chi connectivity index (χ0v) is 10.5. The smallest absolute Gasteiger partial charge is 0.109 e. The zero-order chi connectivity index (χ0) is 11.4. The number of hydrogen-bond donors (Lipinski definition) is 1. The molecule has 0 atom stereocenters. The van der Waals surface area contributed by atoms with Gasteiger partial charge in [0, 0.05) is 37.9 Å². The highest BCUT2D eigenvalue weighted by Gasteiger charge is 2.25. The van der Waals surface area contributed by atoms with Gasteiger partial charge in [-0.2, -0.15) is 0 Å². The van der Waals surface area contributed by atoms with Gasteiger partial charge >= 0.3 is 0 Å². The molecule has 1 aromatic rings. The number of rotatable bonds is 4. The van der Waals surface area contributed by atoms with E-state index in [0.717, 1.165) is 13.0 Å². The summed E-state index contributed by atoms with van der Waals surface area (Å²) in [6.45, 7) is 3.41. The molecule has 1 saturated carbocycles. The minimum absolute atomic E-state index is 0.378. The van der Waals surface area contributed by atoms with Gasteiger partial charge in [-0.1, -0.05) is 19.3 Å². The number of aryl methyl sites for hydroxylation is 1. The van der Waals surface area contributed by atoms with Gasteiger partial charge in [0.05, 0.1) is 0 Å². The Morgan fingerprint density at radius 2 is 2.12 bits per heavy atom. The molecule has 1 N–H and O–H groups in total. The first-order valence-electron chi connectivity index (χ1n) is 6.41. The summed E-state index contributed by atoms with van der Waals surface area (Å²) in [5, 5.41) is 3.71. The molecule has 2 rings (SSSR count). The first-order chi connectivity index (χ1) is 7.70. The van der Waals surface area contributed by atoms with Gasteiger partial charge < -0.3 is 9.88 Å². The fourth-order valence-electron chi connectivity index (χ4n) is 2.62. The zero-order valence-electron chi connectivity index (χ0n) is 10.5. The highest BCUT2D eigenvalue weighted by Crippen LogP contribution is 2.27. The summed E-state index contributed by atoms with van der Waals surface area (Å²) < 4.78 is 2.10. The number of nitrogens with one attached hydrogen (secondary N) is 1. The van der Waals surface area contributed by atoms with Gasteiger partial charge in [-0.05, 0) is 19.8 Å². The molecule has 0 bridgehead atoms. The lowest BCUT2D eigenvalue weighted by molar-refractivity contribution is 0.255. The summed E-state index contributed by atoms with van der Waals surface area (Å²) in [6, 6.07) is 0. The van der Waals surface area contributed by atoms with Crippen LogP contribution < -0.4 is 5.32 Å². The van der Waals surface area contributed by atoms with E-state index in [9.17, 15) is 0 Å². The molecular weight excluding hydrogens is 198 g/mol. The van der Waals surface area contributed by atoms with E-state index >= 15 is 0 Å². The lowest BCUT2D eigenvalue weighted by Crippen LogP contribution is -2.44. The first kappa shape index (κ1) is 11.6. The van der Waals surface area contributed by atoms with Crippen LogP contribution in [0.2, 0.25) is 0 Å². The largest absolute Gasteiger partial charge is 0.338 e. The van der Waals surface area contributed by atoms with E-state index < -0.39 is 0 Å². The Kier molecular flexibility index (Phi) is 3.64. The molecule has 0 amide bonds. The topological polar surface area (TPSA) is 29.9 Å². The molecule has 0 spiro atoms. The predicted octanol–water partition coefficient (Wildman–Crippen LogP) is 2.28. The molecule has 3 heteroatoms. The third-order valence-corrected chi connectivity index (χ3v) is 3.78. The Labute approximate surface area is 98.3 Å². The van der Waals surface area contributed by atoms with Crippen LogP contribution in [0.5, 0.6) is 0 Å². The van der Waals surface area contributed by atoms with Gasteiger partial charge in [-0.25, -0.2) is 4.98 Å². The van der Waals surface area contributed by atoms with Gasteiger partial charge in [-0.3, -0.25) is 0 Å². The molecule has 0 saturated heterocycles. The van der Waals surface area contributed by atoms with Crippen LogP contribution >= 0.6 is 0 Å². The highest BCUT2D eigenvalue weighted by atomic mass is 15.0. The van der Waals surface area contributed by atoms with E-state index in [1.165, 1.54) is 37.9 Å². The van der Waals surface area contributed by atoms with E-state index in [-0.39, 0.29) is 0 Å². The summed E-state index contributed by atoms with van der Waals surface area (Å²) in [7, 11) is 2.06. The third-order valence-electron chi connectivity index (χ3n) is 3.78. The molecule has 0 aromatic carbocycles. The van der Waals surface area contributed by atoms with E-state index in [0.29, 0.717) is 5.54 Å². The third kappa shape index (κ3) is 2.85. The van der Waals surface area contributed by atoms with Crippen molar-refractivity contribution in [3.8, 4) is 0 Å². The molecule has 1 fully saturated rings. The van der Waals surface area contributed by atoms with Crippen LogP contribution in [0.1, 0.15) is 44.9 Å². The van der Waals surface area contributed by atoms with Crippen molar-refractivity contribution >= 4 is 0 Å². The van der Waals surface area contributed by atoms with Crippen molar-refractivity contribution in [2.75, 3.05) is 6.54 Å². The molecule has 16 heavy (non-hydrogen) atoms. The van der Waals surface area contributed by atoms with Crippen LogP contribution in [-0.4, -0.2) is 21.6 Å². The molecule has 1 heterocycles. The Bertz CT molecular complexity index is 324. The lowest BCUT2D eigenvalue weighted by Gasteiger charge is -2.34. The summed E-state index contributed by atoms with van der Waals surface area (Å²) in [5.74, 6) is 1.17. The second-order valence-electron chi connectivity index (χ2n) is 5.25. The van der Waals surface area contributed by atoms with Crippen molar-refractivity contribution in [3.63, 3.8) is 0 Å². The van der Waals surface area contributed by atoms with Gasteiger partial charge in [0.25, 0.3) is 0 Å². The predicted molar refractivity (Wildman–Crippen MR) is 66.4 cm³/mol. The molecule has 3 nitrogen and oxygen atoms in total. The second kappa shape index (κ2) is 5.00. The fourth-order valence-corrected chi connectivity index (χ4v) is 2.62. The van der Waals surface area contributed by atoms with Crippen molar-refractivity contribution < 1.29 is 0 Å². The van der Waals surface area contributed by atoms with Gasteiger partial charge in [0.2, 0.25) is 0 Å². The van der Waals surface area contributed by atoms with E-state index in [4.69, 9.17) is 0 Å². The number of aromatic nitrogens is 2. The number of nitrogens with zero attached hydrogens (tertiary/aromatic N) is 2. The molecule has 1 aliphatic carbocycles. The fraction of sp³-hybridized carbons (Fsp3) is 0.769. The number of hydrogen-bond acceptors (Lipinski definition) is 2. The Morgan fingerprint density at radius 3 is 2.75 bits per heavy atom. The van der Waals surface area contributed by atoms with Crippen LogP contribution in [-0.2, 0) is 13.5 Å². The van der Waals surface area contributed by atoms with E-state index in [1.54, 1.807) is 0 Å². The SMILES string of the molecule is Cn1ccnc1CCNC1(C)CCCCC1. The minimum atomic E-state index is 0.378. The van der Waals surface area contributed by atoms with Crippen molar-refractivity contribution in [1.82, 2.24) is 14.9 Å². The summed E-state index contributed by atoms with van der Waals surface area (Å²) in [5.41, 5.74) is 0.378. The molecule has 0 unspecified atom stereocenters. The molecule has 0 aliphatic heterocycles. The van der Waals surface area contributed by atoms with Gasteiger partial charge in [0.15, 0.2) is 0 Å². The Hall–Kier alpha value is -0.830. The van der Waals surface area contributed by atoms with Gasteiger partial charge in [0.1, 0.15) is 5.82 Å². The second-order valence-corrected chi connectivity index (χ2v) is 5.25. The van der Waals surface area contributed by atoms with Crippen LogP contribution in [0.3, 0.4) is 0 Å². The highest BCUT2D eigenvalue weighted by molar-refractivity contribution is 4.93. The van der Waals surface area contributed by atoms with E-state index in [2.05, 4.69) is 28.8 Å². The molecule has 1 aliphatic rings. The van der Waals surface area contributed by atoms with Crippen molar-refractivity contribution in [2.45, 2.75) is 51.0 Å². The summed E-state index contributed by atoms with van der Waals surface area (Å²) in [6.07, 6.45) is 11.7. The van der Waals surface area contributed by atoms with Crippen LogP contribution in [0.4, 0.5) is 0 Å². The average Bonchev–Trinajstić information content (AvgIpc) is 2.65. The normalized spacial score (nSPS) is 19.9. The minimum Gasteiger partial charge on any atom is -0.338 e. The average molecular weight is 221 g/mol. The molecule has 90 valence electrons. The molecular formula is C13H23N3. The maximum atomic E-state index is 4.34. The number of imidazole rings is 1. The Morgan fingerprint density at radius 1 is 1.38 bits per heavy atom. The summed E-state index contributed by atoms with van der Waals surface area (Å²) in [4.78, 5) is 4.34. The molecule has 0 radical (unpaired) electrons. The van der Waals surface area contributed by atoms with Crippen molar-refractivity contribution in [3.05, 3.63) is 18.2 Å². The van der Waals surface area contributed by atoms with Crippen LogP contribution in [0, 0.1) is 0 Å². The Balaban J connectivity index is 1.77. The van der Waals surface area contributed by atoms with Gasteiger partial charge in [-0.15, -0.1) is 0 Å². The lowest BCUT2D eigenvalue weighted by atomic mass is 9.83. The summed E-state index contributed by atoms with van der Waals surface area (Å²) >= 11 is 0. The first-order valence-corrected chi connectivity index (χ1v) is 6.41. The van der Waals surface area contributed by atoms with Crippen molar-refractivity contribution in [1.29, 1.82) is 0 Å². The quantitative estimate of drug-likeness (QED) is 0.845. The van der Waals surface area contributed by atoms with Crippen molar-refractivity contribution in [2.24, 2.45) is 7.05 Å². The van der Waals surface area contributed by atoms with Crippen LogP contribution in [0.25, 0.3) is 0 Å². The standard InChI is InChI=1S/C13H23N3/c1-13(7-4-3-5-8-13)15-9-6-12-14-10-11-16(12)2/h10-11,15H,3-9H2,1-2H3. The van der Waals surface area contributed by atoms with E-state index in [1.807, 2.05) is 12.4 Å².